The molecule has 0 radical (unpaired) electrons. The molecular formula is C26H18ClN3O3S. The number of aliphatic imine (C=N–C) groups is 1. The minimum atomic E-state index is -1.03. The van der Waals surface area contributed by atoms with Crippen LogP contribution in [0.25, 0.3) is 17.0 Å². The van der Waals surface area contributed by atoms with Gasteiger partial charge in [-0.3, -0.25) is 4.79 Å². The summed E-state index contributed by atoms with van der Waals surface area (Å²) < 4.78 is 2.15. The molecule has 0 saturated carbocycles. The molecule has 4 aromatic rings. The molecule has 1 fully saturated rings. The average molecular weight is 488 g/mol. The van der Waals surface area contributed by atoms with E-state index >= 15 is 0 Å². The third kappa shape index (κ3) is 4.62. The van der Waals surface area contributed by atoms with E-state index in [9.17, 15) is 14.7 Å². The Balaban J connectivity index is 1.45. The first kappa shape index (κ1) is 22.0. The topological polar surface area (TPSA) is 83.7 Å². The number of rotatable bonds is 5. The lowest BCUT2D eigenvalue weighted by atomic mass is 10.1. The number of carbonyl (C=O) groups is 2. The lowest BCUT2D eigenvalue weighted by Crippen LogP contribution is -2.19. The van der Waals surface area contributed by atoms with Gasteiger partial charge in [-0.2, -0.15) is 0 Å². The molecule has 1 amide bonds. The van der Waals surface area contributed by atoms with Crippen molar-refractivity contribution in [3.63, 3.8) is 0 Å². The molecule has 5 rings (SSSR count). The number of amidine groups is 1. The summed E-state index contributed by atoms with van der Waals surface area (Å²) >= 11 is 7.24. The number of aromatic carboxylic acids is 1. The highest BCUT2D eigenvalue weighted by Gasteiger charge is 2.24. The number of fused-ring (bicyclic) bond motifs is 1. The minimum Gasteiger partial charge on any atom is -0.478 e. The number of thioether (sulfide) groups is 1. The summed E-state index contributed by atoms with van der Waals surface area (Å²) in [6, 6.07) is 22.1. The zero-order chi connectivity index (χ0) is 23.7. The van der Waals surface area contributed by atoms with E-state index in [0.717, 1.165) is 22.0 Å². The molecule has 0 bridgehead atoms. The Morgan fingerprint density at radius 2 is 1.88 bits per heavy atom. The van der Waals surface area contributed by atoms with Crippen molar-refractivity contribution in [3.05, 3.63) is 106 Å². The molecule has 6 nitrogen and oxygen atoms in total. The van der Waals surface area contributed by atoms with Crippen LogP contribution in [0.4, 0.5) is 5.69 Å². The Morgan fingerprint density at radius 3 is 2.68 bits per heavy atom. The zero-order valence-corrected chi connectivity index (χ0v) is 19.3. The molecule has 3 aromatic carbocycles. The number of aromatic nitrogens is 1. The summed E-state index contributed by atoms with van der Waals surface area (Å²) in [5, 5.41) is 14.1. The lowest BCUT2D eigenvalue weighted by Gasteiger charge is -2.05. The van der Waals surface area contributed by atoms with Crippen molar-refractivity contribution in [2.75, 3.05) is 0 Å². The number of para-hydroxylation sites is 1. The third-order valence-electron chi connectivity index (χ3n) is 5.35. The Kier molecular flexibility index (Phi) is 5.96. The van der Waals surface area contributed by atoms with E-state index in [2.05, 4.69) is 20.9 Å². The number of halogens is 1. The fraction of sp³-hybridized carbons (Fsp3) is 0.0385. The number of carbonyl (C=O) groups excluding carboxylic acids is 1. The molecule has 8 heteroatoms. The zero-order valence-electron chi connectivity index (χ0n) is 17.7. The summed E-state index contributed by atoms with van der Waals surface area (Å²) in [5.74, 6) is -1.27. The van der Waals surface area contributed by atoms with Crippen LogP contribution in [0.1, 0.15) is 21.5 Å². The summed E-state index contributed by atoms with van der Waals surface area (Å²) in [6.07, 6.45) is 3.89. The fourth-order valence-electron chi connectivity index (χ4n) is 3.76. The van der Waals surface area contributed by atoms with Gasteiger partial charge < -0.3 is 15.0 Å². The Labute approximate surface area is 204 Å². The third-order valence-corrected chi connectivity index (χ3v) is 6.51. The first-order valence-corrected chi connectivity index (χ1v) is 11.6. The van der Waals surface area contributed by atoms with E-state index in [1.54, 1.807) is 12.1 Å². The predicted octanol–water partition coefficient (Wildman–Crippen LogP) is 5.93. The highest BCUT2D eigenvalue weighted by atomic mass is 35.5. The second-order valence-electron chi connectivity index (χ2n) is 7.69. The van der Waals surface area contributed by atoms with Crippen molar-refractivity contribution in [2.24, 2.45) is 4.99 Å². The van der Waals surface area contributed by atoms with Crippen molar-refractivity contribution >= 4 is 63.1 Å². The van der Waals surface area contributed by atoms with Gasteiger partial charge in [-0.25, -0.2) is 9.79 Å². The predicted molar refractivity (Wildman–Crippen MR) is 137 cm³/mol. The van der Waals surface area contributed by atoms with Gasteiger partial charge in [-0.05, 0) is 59.8 Å². The Hall–Kier alpha value is -3.81. The maximum absolute atomic E-state index is 12.6. The van der Waals surface area contributed by atoms with E-state index in [4.69, 9.17) is 11.6 Å². The molecule has 0 atom stereocenters. The first-order chi connectivity index (χ1) is 16.5. The van der Waals surface area contributed by atoms with Gasteiger partial charge in [0.15, 0.2) is 5.17 Å². The molecule has 0 unspecified atom stereocenters. The number of amides is 1. The molecule has 1 aliphatic heterocycles. The number of nitrogens with zero attached hydrogens (tertiary/aromatic N) is 2. The van der Waals surface area contributed by atoms with E-state index in [1.165, 1.54) is 23.9 Å². The molecule has 34 heavy (non-hydrogen) atoms. The van der Waals surface area contributed by atoms with E-state index < -0.39 is 5.97 Å². The van der Waals surface area contributed by atoms with E-state index in [0.29, 0.717) is 27.3 Å². The van der Waals surface area contributed by atoms with Gasteiger partial charge in [0.2, 0.25) is 0 Å². The van der Waals surface area contributed by atoms with Gasteiger partial charge in [-0.1, -0.05) is 48.0 Å². The first-order valence-electron chi connectivity index (χ1n) is 10.4. The smallest absolute Gasteiger partial charge is 0.335 e. The van der Waals surface area contributed by atoms with Crippen molar-refractivity contribution in [2.45, 2.75) is 6.54 Å². The van der Waals surface area contributed by atoms with Gasteiger partial charge in [0, 0.05) is 34.2 Å². The van der Waals surface area contributed by atoms with Crippen molar-refractivity contribution in [3.8, 4) is 0 Å². The number of carboxylic acid groups (broad SMARTS) is 1. The normalized spacial score (nSPS) is 15.9. The molecule has 168 valence electrons. The summed E-state index contributed by atoms with van der Waals surface area (Å²) in [7, 11) is 0. The second kappa shape index (κ2) is 9.21. The monoisotopic (exact) mass is 487 g/mol. The molecule has 1 aromatic heterocycles. The van der Waals surface area contributed by atoms with Crippen LogP contribution in [0.2, 0.25) is 5.02 Å². The van der Waals surface area contributed by atoms with Crippen molar-refractivity contribution in [1.29, 1.82) is 0 Å². The number of benzene rings is 3. The van der Waals surface area contributed by atoms with Crippen LogP contribution < -0.4 is 5.32 Å². The quantitative estimate of drug-likeness (QED) is 0.341. The van der Waals surface area contributed by atoms with Gasteiger partial charge in [0.1, 0.15) is 0 Å². The standard InChI is InChI=1S/C26H18ClN3O3S/c27-19-10-8-16(9-11-19)14-30-15-18(21-6-1-2-7-22(21)30)13-23-24(31)29-26(34-23)28-20-5-3-4-17(12-20)25(32)33/h1-13,15H,14H2,(H,32,33)(H,28,29,31)/b23-13-. The second-order valence-corrected chi connectivity index (χ2v) is 9.16. The SMILES string of the molecule is O=C1NC(=Nc2cccc(C(=O)O)c2)S/C1=C\c1cn(Cc2ccc(Cl)cc2)c2ccccc12. The van der Waals surface area contributed by atoms with Crippen LogP contribution in [-0.2, 0) is 11.3 Å². The largest absolute Gasteiger partial charge is 0.478 e. The molecule has 2 N–H and O–H groups in total. The number of nitrogens with one attached hydrogen (secondary N) is 1. The van der Waals surface area contributed by atoms with Crippen LogP contribution in [0.3, 0.4) is 0 Å². The average Bonchev–Trinajstić information content (AvgIpc) is 3.35. The van der Waals surface area contributed by atoms with Crippen molar-refractivity contribution in [1.82, 2.24) is 9.88 Å². The Bertz CT molecular complexity index is 1490. The molecule has 0 spiro atoms. The summed E-state index contributed by atoms with van der Waals surface area (Å²) in [5.41, 5.74) is 3.71. The Morgan fingerprint density at radius 1 is 1.09 bits per heavy atom. The lowest BCUT2D eigenvalue weighted by molar-refractivity contribution is -0.115. The van der Waals surface area contributed by atoms with Gasteiger partial charge >= 0.3 is 5.97 Å². The van der Waals surface area contributed by atoms with Crippen LogP contribution in [0, 0.1) is 0 Å². The number of hydrogen-bond acceptors (Lipinski definition) is 4. The summed E-state index contributed by atoms with van der Waals surface area (Å²) in [6.45, 7) is 0.673. The van der Waals surface area contributed by atoms with Gasteiger partial charge in [-0.15, -0.1) is 0 Å². The van der Waals surface area contributed by atoms with Crippen LogP contribution >= 0.6 is 23.4 Å². The fourth-order valence-corrected chi connectivity index (χ4v) is 4.71. The maximum atomic E-state index is 12.6. The van der Waals surface area contributed by atoms with E-state index in [-0.39, 0.29) is 11.5 Å². The van der Waals surface area contributed by atoms with Gasteiger partial charge in [0.25, 0.3) is 5.91 Å². The van der Waals surface area contributed by atoms with Crippen LogP contribution in [0.5, 0.6) is 0 Å². The van der Waals surface area contributed by atoms with E-state index in [1.807, 2.05) is 54.7 Å². The highest BCUT2D eigenvalue weighted by molar-refractivity contribution is 8.18. The van der Waals surface area contributed by atoms with Gasteiger partial charge in [0.05, 0.1) is 16.2 Å². The molecule has 1 saturated heterocycles. The molecule has 1 aliphatic rings. The molecular weight excluding hydrogens is 470 g/mol. The molecule has 2 heterocycles. The highest BCUT2D eigenvalue weighted by Crippen LogP contribution is 2.31. The van der Waals surface area contributed by atoms with Crippen LogP contribution in [0.15, 0.2) is 88.9 Å². The number of carboxylic acids is 1. The maximum Gasteiger partial charge on any atom is 0.335 e. The van der Waals surface area contributed by atoms with Crippen molar-refractivity contribution < 1.29 is 14.7 Å². The van der Waals surface area contributed by atoms with Crippen LogP contribution in [-0.4, -0.2) is 26.7 Å². The number of hydrogen-bond donors (Lipinski definition) is 2. The molecule has 0 aliphatic carbocycles. The summed E-state index contributed by atoms with van der Waals surface area (Å²) in [4.78, 5) is 28.7. The minimum absolute atomic E-state index is 0.139.